The fourth-order valence-electron chi connectivity index (χ4n) is 3.43. The van der Waals surface area contributed by atoms with Gasteiger partial charge in [0.2, 0.25) is 10.0 Å². The molecule has 1 aliphatic heterocycles. The quantitative estimate of drug-likeness (QED) is 0.440. The smallest absolute Gasteiger partial charge is 0.257 e. The Balaban J connectivity index is 1.41. The zero-order valence-electron chi connectivity index (χ0n) is 17.3. The predicted molar refractivity (Wildman–Crippen MR) is 121 cm³/mol. The van der Waals surface area contributed by atoms with E-state index >= 15 is 0 Å². The second kappa shape index (κ2) is 8.94. The van der Waals surface area contributed by atoms with Gasteiger partial charge in [0.1, 0.15) is 16.3 Å². The summed E-state index contributed by atoms with van der Waals surface area (Å²) < 4.78 is 43.5. The van der Waals surface area contributed by atoms with E-state index in [0.717, 1.165) is 0 Å². The lowest BCUT2D eigenvalue weighted by molar-refractivity contribution is 0.0730. The Morgan fingerprint density at radius 1 is 1.00 bits per heavy atom. The number of aromatic nitrogens is 1. The summed E-state index contributed by atoms with van der Waals surface area (Å²) >= 11 is 1.23. The molecule has 11 heteroatoms. The number of carbonyl (C=O) groups excluding carboxylic acids is 1. The van der Waals surface area contributed by atoms with Crippen molar-refractivity contribution in [1.82, 2.24) is 9.29 Å². The van der Waals surface area contributed by atoms with Gasteiger partial charge in [-0.15, -0.1) is 0 Å². The van der Waals surface area contributed by atoms with Crippen molar-refractivity contribution >= 4 is 32.4 Å². The van der Waals surface area contributed by atoms with Crippen LogP contribution in [0, 0.1) is 0 Å². The topological polar surface area (TPSA) is 115 Å². The summed E-state index contributed by atoms with van der Waals surface area (Å²) in [4.78, 5) is 18.2. The van der Waals surface area contributed by atoms with Gasteiger partial charge < -0.3 is 13.6 Å². The third kappa shape index (κ3) is 4.35. The lowest BCUT2D eigenvalue weighted by Crippen LogP contribution is -2.40. The summed E-state index contributed by atoms with van der Waals surface area (Å²) in [6.07, 6.45) is 3.10. The van der Waals surface area contributed by atoms with Crippen LogP contribution in [0.2, 0.25) is 0 Å². The van der Waals surface area contributed by atoms with Crippen molar-refractivity contribution in [3.63, 3.8) is 0 Å². The summed E-state index contributed by atoms with van der Waals surface area (Å²) in [5, 5.41) is 3.09. The number of carbonyl (C=O) groups is 1. The average molecular weight is 486 g/mol. The highest BCUT2D eigenvalue weighted by Gasteiger charge is 2.27. The molecule has 0 bridgehead atoms. The van der Waals surface area contributed by atoms with Crippen LogP contribution in [0.25, 0.3) is 22.1 Å². The van der Waals surface area contributed by atoms with Crippen LogP contribution in [0.5, 0.6) is 0 Å². The van der Waals surface area contributed by atoms with Crippen molar-refractivity contribution in [3.8, 4) is 22.1 Å². The third-order valence-electron chi connectivity index (χ3n) is 5.05. The van der Waals surface area contributed by atoms with Crippen molar-refractivity contribution in [2.24, 2.45) is 0 Å². The van der Waals surface area contributed by atoms with Gasteiger partial charge in [-0.05, 0) is 42.5 Å². The summed E-state index contributed by atoms with van der Waals surface area (Å²) in [6, 6.07) is 13.0. The molecule has 1 fully saturated rings. The van der Waals surface area contributed by atoms with Gasteiger partial charge in [-0.25, -0.2) is 13.4 Å². The molecule has 3 aromatic heterocycles. The van der Waals surface area contributed by atoms with E-state index in [1.807, 2.05) is 0 Å². The monoisotopic (exact) mass is 485 g/mol. The number of ether oxygens (including phenoxy) is 1. The number of furan rings is 2. The molecule has 0 saturated carbocycles. The van der Waals surface area contributed by atoms with Gasteiger partial charge in [0.25, 0.3) is 5.91 Å². The maximum atomic E-state index is 12.9. The van der Waals surface area contributed by atoms with Gasteiger partial charge in [-0.3, -0.25) is 10.1 Å². The minimum atomic E-state index is -3.72. The molecule has 1 saturated heterocycles. The molecule has 0 unspecified atom stereocenters. The van der Waals surface area contributed by atoms with Gasteiger partial charge in [0.15, 0.2) is 10.9 Å². The molecule has 4 heterocycles. The molecule has 1 aliphatic rings. The van der Waals surface area contributed by atoms with Gasteiger partial charge in [0.05, 0.1) is 30.6 Å². The Bertz CT molecular complexity index is 1300. The molecule has 9 nitrogen and oxygen atoms in total. The molecule has 1 amide bonds. The second-order valence-corrected chi connectivity index (χ2v) is 10.1. The van der Waals surface area contributed by atoms with Crippen molar-refractivity contribution in [3.05, 3.63) is 66.6 Å². The predicted octanol–water partition coefficient (Wildman–Crippen LogP) is 3.94. The Morgan fingerprint density at radius 2 is 1.73 bits per heavy atom. The first-order valence-electron chi connectivity index (χ1n) is 10.1. The Labute approximate surface area is 193 Å². The second-order valence-electron chi connectivity index (χ2n) is 7.15. The molecule has 0 radical (unpaired) electrons. The highest BCUT2D eigenvalue weighted by Crippen LogP contribution is 2.39. The summed E-state index contributed by atoms with van der Waals surface area (Å²) in [7, 11) is -3.72. The van der Waals surface area contributed by atoms with Gasteiger partial charge in [0, 0.05) is 18.7 Å². The molecule has 1 aromatic carbocycles. The number of amides is 1. The van der Waals surface area contributed by atoms with E-state index in [2.05, 4.69) is 10.3 Å². The number of anilines is 1. The molecule has 4 aromatic rings. The van der Waals surface area contributed by atoms with Crippen molar-refractivity contribution < 1.29 is 26.8 Å². The molecular formula is C22H19N3O6S2. The minimum absolute atomic E-state index is 0.0590. The highest BCUT2D eigenvalue weighted by atomic mass is 32.2. The van der Waals surface area contributed by atoms with E-state index in [4.69, 9.17) is 13.6 Å². The lowest BCUT2D eigenvalue weighted by atomic mass is 10.2. The van der Waals surface area contributed by atoms with E-state index in [1.54, 1.807) is 48.9 Å². The maximum Gasteiger partial charge on any atom is 0.257 e. The first-order chi connectivity index (χ1) is 16.0. The van der Waals surface area contributed by atoms with Gasteiger partial charge >= 0.3 is 0 Å². The number of morpholine rings is 1. The molecule has 0 spiro atoms. The Kier molecular flexibility index (Phi) is 5.85. The summed E-state index contributed by atoms with van der Waals surface area (Å²) in [5.74, 6) is 0.662. The summed E-state index contributed by atoms with van der Waals surface area (Å²) in [6.45, 7) is 1.25. The standard InChI is InChI=1S/C22H19N3O6S2/c26-21(15-4-1-5-16(14-15)33(27,28)25-8-12-29-13-9-25)24-22-23-19(17-6-2-10-30-17)20(32-22)18-7-3-11-31-18/h1-7,10-11,14H,8-9,12-13H2,(H,23,24,26). The molecule has 5 rings (SSSR count). The number of hydrogen-bond donors (Lipinski definition) is 1. The van der Waals surface area contributed by atoms with Crippen LogP contribution in [0.4, 0.5) is 5.13 Å². The Morgan fingerprint density at radius 3 is 2.42 bits per heavy atom. The molecule has 33 heavy (non-hydrogen) atoms. The number of nitrogens with zero attached hydrogens (tertiary/aromatic N) is 2. The Hall–Kier alpha value is -3.25. The molecule has 0 aliphatic carbocycles. The van der Waals surface area contributed by atoms with E-state index in [1.165, 1.54) is 27.8 Å². The van der Waals surface area contributed by atoms with Crippen LogP contribution >= 0.6 is 11.3 Å². The number of hydrogen-bond acceptors (Lipinski definition) is 8. The number of rotatable bonds is 6. The first-order valence-corrected chi connectivity index (χ1v) is 12.4. The van der Waals surface area contributed by atoms with Crippen LogP contribution in [-0.4, -0.2) is 49.9 Å². The van der Waals surface area contributed by atoms with Gasteiger partial charge in [-0.1, -0.05) is 17.4 Å². The van der Waals surface area contributed by atoms with Crippen LogP contribution in [0.15, 0.2) is 74.8 Å². The fourth-order valence-corrected chi connectivity index (χ4v) is 5.82. The number of nitrogens with one attached hydrogen (secondary N) is 1. The zero-order chi connectivity index (χ0) is 22.8. The van der Waals surface area contributed by atoms with E-state index < -0.39 is 15.9 Å². The lowest BCUT2D eigenvalue weighted by Gasteiger charge is -2.26. The van der Waals surface area contributed by atoms with E-state index in [-0.39, 0.29) is 23.5 Å². The van der Waals surface area contributed by atoms with E-state index in [9.17, 15) is 13.2 Å². The van der Waals surface area contributed by atoms with Crippen LogP contribution in [0.3, 0.4) is 0 Å². The molecular weight excluding hydrogens is 466 g/mol. The first kappa shape index (κ1) is 21.6. The maximum absolute atomic E-state index is 12.9. The van der Waals surface area contributed by atoms with Crippen LogP contribution in [0.1, 0.15) is 10.4 Å². The molecule has 0 atom stereocenters. The number of benzene rings is 1. The number of thiazole rings is 1. The largest absolute Gasteiger partial charge is 0.463 e. The van der Waals surface area contributed by atoms with Crippen molar-refractivity contribution in [2.75, 3.05) is 31.6 Å². The fraction of sp³-hybridized carbons (Fsp3) is 0.182. The molecule has 170 valence electrons. The zero-order valence-corrected chi connectivity index (χ0v) is 18.9. The van der Waals surface area contributed by atoms with Crippen LogP contribution < -0.4 is 5.32 Å². The van der Waals surface area contributed by atoms with E-state index in [0.29, 0.717) is 40.4 Å². The summed E-state index contributed by atoms with van der Waals surface area (Å²) in [5.41, 5.74) is 0.748. The number of sulfonamides is 1. The minimum Gasteiger partial charge on any atom is -0.463 e. The van der Waals surface area contributed by atoms with Gasteiger partial charge in [-0.2, -0.15) is 4.31 Å². The normalized spacial score (nSPS) is 14.9. The van der Waals surface area contributed by atoms with Crippen molar-refractivity contribution in [2.45, 2.75) is 4.90 Å². The SMILES string of the molecule is O=C(Nc1nc(-c2ccco2)c(-c2ccco2)s1)c1cccc(S(=O)(=O)N2CCOCC2)c1. The van der Waals surface area contributed by atoms with Crippen LogP contribution in [-0.2, 0) is 14.8 Å². The average Bonchev–Trinajstić information content (AvgIpc) is 3.61. The van der Waals surface area contributed by atoms with Crippen molar-refractivity contribution in [1.29, 1.82) is 0 Å². The molecule has 1 N–H and O–H groups in total. The highest BCUT2D eigenvalue weighted by molar-refractivity contribution is 7.89. The third-order valence-corrected chi connectivity index (χ3v) is 7.93.